The van der Waals surface area contributed by atoms with Crippen molar-refractivity contribution in [1.82, 2.24) is 10.4 Å². The predicted octanol–water partition coefficient (Wildman–Crippen LogP) is 2.32. The van der Waals surface area contributed by atoms with E-state index in [1.165, 1.54) is 0 Å². The van der Waals surface area contributed by atoms with Gasteiger partial charge in [0.15, 0.2) is 0 Å². The zero-order valence-corrected chi connectivity index (χ0v) is 12.9. The van der Waals surface area contributed by atoms with Crippen LogP contribution in [-0.2, 0) is 5.75 Å². The van der Waals surface area contributed by atoms with Crippen LogP contribution in [0.25, 0.3) is 0 Å². The number of amides is 1. The summed E-state index contributed by atoms with van der Waals surface area (Å²) in [6.07, 6.45) is 0. The van der Waals surface area contributed by atoms with Crippen molar-refractivity contribution in [2.45, 2.75) is 10.6 Å². The van der Waals surface area contributed by atoms with E-state index in [1.54, 1.807) is 23.9 Å². The van der Waals surface area contributed by atoms with Gasteiger partial charge in [0.1, 0.15) is 5.69 Å². The summed E-state index contributed by atoms with van der Waals surface area (Å²) in [5.74, 6) is 5.31. The third-order valence-electron chi connectivity index (χ3n) is 2.52. The van der Waals surface area contributed by atoms with Crippen LogP contribution in [0.1, 0.15) is 16.2 Å². The van der Waals surface area contributed by atoms with Gasteiger partial charge >= 0.3 is 0 Å². The molecule has 0 aliphatic rings. The molecule has 0 aliphatic heterocycles. The molecule has 0 spiro atoms. The molecule has 1 amide bonds. The number of carbonyl (C=O) groups excluding carboxylic acids is 1. The Hall–Kier alpha value is -1.57. The Labute approximate surface area is 129 Å². The predicted molar refractivity (Wildman–Crippen MR) is 84.0 cm³/mol. The van der Waals surface area contributed by atoms with Gasteiger partial charge in [-0.05, 0) is 30.3 Å². The molecule has 0 radical (unpaired) electrons. The smallest absolute Gasteiger partial charge is 0.283 e. The highest BCUT2D eigenvalue weighted by molar-refractivity contribution is 9.10. The van der Waals surface area contributed by atoms with Crippen LogP contribution in [-0.4, -0.2) is 10.9 Å². The Kier molecular flexibility index (Phi) is 4.99. The van der Waals surface area contributed by atoms with Crippen LogP contribution >= 0.6 is 27.7 Å². The summed E-state index contributed by atoms with van der Waals surface area (Å²) in [7, 11) is 0. The van der Waals surface area contributed by atoms with E-state index in [-0.39, 0.29) is 0 Å². The van der Waals surface area contributed by atoms with Crippen LogP contribution in [0.3, 0.4) is 0 Å². The summed E-state index contributed by atoms with van der Waals surface area (Å²) < 4.78 is 0.944. The van der Waals surface area contributed by atoms with E-state index in [0.717, 1.165) is 15.1 Å². The number of hydrogen-bond donors (Lipinski definition) is 3. The molecule has 104 valence electrons. The number of aromatic nitrogens is 1. The number of hydrogen-bond acceptors (Lipinski definition) is 5. The number of rotatable bonds is 4. The van der Waals surface area contributed by atoms with Crippen LogP contribution in [0.2, 0.25) is 0 Å². The van der Waals surface area contributed by atoms with E-state index in [4.69, 9.17) is 11.6 Å². The molecule has 0 fully saturated rings. The number of benzene rings is 1. The molecule has 20 heavy (non-hydrogen) atoms. The van der Waals surface area contributed by atoms with Gasteiger partial charge in [0.05, 0.1) is 5.69 Å². The molecule has 0 bridgehead atoms. The van der Waals surface area contributed by atoms with Gasteiger partial charge in [-0.1, -0.05) is 22.0 Å². The number of carbonyl (C=O) groups is 1. The minimum absolute atomic E-state index is 0.300. The summed E-state index contributed by atoms with van der Waals surface area (Å²) in [5, 5.41) is 0. The van der Waals surface area contributed by atoms with Crippen molar-refractivity contribution in [2.75, 3.05) is 5.73 Å². The van der Waals surface area contributed by atoms with Gasteiger partial charge in [-0.2, -0.15) is 0 Å². The van der Waals surface area contributed by atoms with Crippen LogP contribution in [0.4, 0.5) is 5.69 Å². The first kappa shape index (κ1) is 14.8. The minimum Gasteiger partial charge on any atom is -0.398 e. The second-order valence-corrected chi connectivity index (χ2v) is 5.89. The van der Waals surface area contributed by atoms with Crippen LogP contribution < -0.4 is 17.0 Å². The molecule has 0 saturated heterocycles. The van der Waals surface area contributed by atoms with Gasteiger partial charge in [0.2, 0.25) is 0 Å². The number of halogens is 1. The first-order chi connectivity index (χ1) is 9.60. The molecule has 0 atom stereocenters. The van der Waals surface area contributed by atoms with Crippen molar-refractivity contribution in [3.63, 3.8) is 0 Å². The second kappa shape index (κ2) is 6.74. The summed E-state index contributed by atoms with van der Waals surface area (Å²) in [6.45, 7) is 0. The van der Waals surface area contributed by atoms with E-state index in [1.807, 2.05) is 24.3 Å². The average Bonchev–Trinajstić information content (AvgIpc) is 2.46. The first-order valence-electron chi connectivity index (χ1n) is 5.75. The normalized spacial score (nSPS) is 10.3. The average molecular weight is 353 g/mol. The largest absolute Gasteiger partial charge is 0.398 e. The maximum atomic E-state index is 11.4. The Balaban J connectivity index is 2.09. The van der Waals surface area contributed by atoms with Crippen LogP contribution in [0.5, 0.6) is 0 Å². The molecule has 1 heterocycles. The highest BCUT2D eigenvalue weighted by atomic mass is 79.9. The number of thioether (sulfide) groups is 1. The topological polar surface area (TPSA) is 94.0 Å². The first-order valence-corrected chi connectivity index (χ1v) is 7.52. The third kappa shape index (κ3) is 3.72. The van der Waals surface area contributed by atoms with Crippen molar-refractivity contribution in [3.05, 3.63) is 52.3 Å². The van der Waals surface area contributed by atoms with E-state index in [0.29, 0.717) is 17.1 Å². The summed E-state index contributed by atoms with van der Waals surface area (Å²) in [4.78, 5) is 16.6. The second-order valence-electron chi connectivity index (χ2n) is 3.96. The standard InChI is InChI=1S/C13H13BrN4OS/c14-8-4-5-12(10(15)6-8)20-7-9-2-1-3-11(17-9)13(19)18-16/h1-6H,7,15-16H2,(H,18,19). The zero-order chi connectivity index (χ0) is 14.5. The highest BCUT2D eigenvalue weighted by Crippen LogP contribution is 2.29. The fraction of sp³-hybridized carbons (Fsp3) is 0.0769. The van der Waals surface area contributed by atoms with Crippen molar-refractivity contribution in [2.24, 2.45) is 5.84 Å². The number of nitrogen functional groups attached to an aromatic ring is 2. The van der Waals surface area contributed by atoms with E-state index in [2.05, 4.69) is 26.3 Å². The molecule has 2 rings (SSSR count). The number of nitrogens with two attached hydrogens (primary N) is 2. The molecule has 7 heteroatoms. The Morgan fingerprint density at radius 2 is 2.15 bits per heavy atom. The lowest BCUT2D eigenvalue weighted by molar-refractivity contribution is 0.0948. The fourth-order valence-corrected chi connectivity index (χ4v) is 2.80. The molecule has 2 aromatic rings. The Morgan fingerprint density at radius 3 is 2.85 bits per heavy atom. The van der Waals surface area contributed by atoms with Crippen molar-refractivity contribution in [3.8, 4) is 0 Å². The van der Waals surface area contributed by atoms with Crippen molar-refractivity contribution < 1.29 is 4.79 Å². The summed E-state index contributed by atoms with van der Waals surface area (Å²) in [5.41, 5.74) is 9.80. The maximum absolute atomic E-state index is 11.4. The van der Waals surface area contributed by atoms with Gasteiger partial charge < -0.3 is 5.73 Å². The zero-order valence-electron chi connectivity index (χ0n) is 10.5. The fourth-order valence-electron chi connectivity index (χ4n) is 1.56. The van der Waals surface area contributed by atoms with Gasteiger partial charge in [-0.15, -0.1) is 11.8 Å². The molecule has 5 N–H and O–H groups in total. The molecule has 5 nitrogen and oxygen atoms in total. The number of pyridine rings is 1. The van der Waals surface area contributed by atoms with Gasteiger partial charge in [0.25, 0.3) is 5.91 Å². The Bertz CT molecular complexity index is 636. The third-order valence-corrected chi connectivity index (χ3v) is 4.13. The lowest BCUT2D eigenvalue weighted by Gasteiger charge is -2.06. The van der Waals surface area contributed by atoms with Crippen LogP contribution in [0, 0.1) is 0 Å². The number of nitrogens with one attached hydrogen (secondary N) is 1. The highest BCUT2D eigenvalue weighted by Gasteiger charge is 2.07. The number of hydrazine groups is 1. The van der Waals surface area contributed by atoms with Crippen molar-refractivity contribution >= 4 is 39.3 Å². The van der Waals surface area contributed by atoms with Crippen molar-refractivity contribution in [1.29, 1.82) is 0 Å². The quantitative estimate of drug-likeness (QED) is 0.258. The van der Waals surface area contributed by atoms with Gasteiger partial charge in [-0.25, -0.2) is 10.8 Å². The molecule has 0 saturated carbocycles. The number of anilines is 1. The van der Waals surface area contributed by atoms with Crippen LogP contribution in [0.15, 0.2) is 45.8 Å². The maximum Gasteiger partial charge on any atom is 0.283 e. The lowest BCUT2D eigenvalue weighted by Crippen LogP contribution is -2.30. The molecular formula is C13H13BrN4OS. The summed E-state index contributed by atoms with van der Waals surface area (Å²) >= 11 is 4.93. The molecular weight excluding hydrogens is 340 g/mol. The Morgan fingerprint density at radius 1 is 1.35 bits per heavy atom. The van der Waals surface area contributed by atoms with E-state index >= 15 is 0 Å². The molecule has 1 aromatic heterocycles. The summed E-state index contributed by atoms with van der Waals surface area (Å²) in [6, 6.07) is 11.0. The minimum atomic E-state index is -0.403. The van der Waals surface area contributed by atoms with E-state index in [9.17, 15) is 4.79 Å². The van der Waals surface area contributed by atoms with Gasteiger partial charge in [-0.3, -0.25) is 10.2 Å². The SMILES string of the molecule is NNC(=O)c1cccc(CSc2ccc(Br)cc2N)n1. The molecule has 0 aliphatic carbocycles. The molecule has 0 unspecified atom stereocenters. The van der Waals surface area contributed by atoms with E-state index < -0.39 is 5.91 Å². The molecule has 1 aromatic carbocycles. The van der Waals surface area contributed by atoms with Gasteiger partial charge in [0, 0.05) is 20.8 Å². The number of nitrogens with zero attached hydrogens (tertiary/aromatic N) is 1. The monoisotopic (exact) mass is 352 g/mol. The lowest BCUT2D eigenvalue weighted by atomic mass is 10.3.